The molecule has 0 aliphatic carbocycles. The molecular weight excluding hydrogens is 1050 g/mol. The Balaban J connectivity index is 1.16. The SMILES string of the molecule is CC(=O)OC[C@@H]1CCC(=O)N1CCCNC(=O)C=Cc1ccc(Sc2ccc(C=CC(=O)NCCCN3C(=O)CC[C@H]3COC(C)=O)c(-c3ccccc3Br)c2Cl)c(Cl)c1-c1ccccc1Br. The Morgan fingerprint density at radius 2 is 1.06 bits per heavy atom. The molecule has 4 aromatic carbocycles. The van der Waals surface area contributed by atoms with E-state index in [1.807, 2.05) is 72.8 Å². The standard InChI is InChI=1S/C50H50Br2Cl2N4O8S/c1-31(59)65-29-35-17-23-45(63)57(35)27-7-25-55-43(61)21-15-33-13-19-41(49(53)47(33)37-9-3-5-11-39(37)51)67-42-20-14-34(48(50(42)54)38-10-4-6-12-40(38)52)16-22-44(62)56-26-8-28-58-36(18-24-46(58)64)30-66-32(2)60/h3-6,9-16,19-22,35-36H,7-8,17-18,23-30H2,1-2H3,(H,55,61)(H,56,62)/t35-,36-/m0/s1. The van der Waals surface area contributed by atoms with Gasteiger partial charge in [-0.05, 0) is 84.4 Å². The molecule has 0 bridgehead atoms. The second-order valence-corrected chi connectivity index (χ2v) is 19.4. The maximum atomic E-state index is 13.1. The van der Waals surface area contributed by atoms with Crippen LogP contribution in [-0.4, -0.2) is 96.8 Å². The fourth-order valence-corrected chi connectivity index (χ4v) is 10.6. The predicted molar refractivity (Wildman–Crippen MR) is 269 cm³/mol. The van der Waals surface area contributed by atoms with Crippen molar-refractivity contribution >= 4 is 115 Å². The minimum Gasteiger partial charge on any atom is -0.464 e. The van der Waals surface area contributed by atoms with Gasteiger partial charge in [-0.3, -0.25) is 28.8 Å². The molecule has 4 aromatic rings. The van der Waals surface area contributed by atoms with Crippen molar-refractivity contribution in [2.24, 2.45) is 0 Å². The van der Waals surface area contributed by atoms with Crippen LogP contribution in [0, 0.1) is 0 Å². The molecule has 2 aliphatic rings. The van der Waals surface area contributed by atoms with Gasteiger partial charge in [-0.2, -0.15) is 0 Å². The second kappa shape index (κ2) is 24.9. The molecule has 4 amide bonds. The first-order chi connectivity index (χ1) is 32.2. The van der Waals surface area contributed by atoms with Crippen molar-refractivity contribution in [2.75, 3.05) is 39.4 Å². The quantitative estimate of drug-likeness (QED) is 0.0501. The Bertz CT molecular complexity index is 2400. The molecule has 6 rings (SSSR count). The topological polar surface area (TPSA) is 151 Å². The van der Waals surface area contributed by atoms with E-state index in [0.717, 1.165) is 20.1 Å². The normalized spacial score (nSPS) is 16.0. The van der Waals surface area contributed by atoms with Crippen LogP contribution in [0.5, 0.6) is 0 Å². The second-order valence-electron chi connectivity index (χ2n) is 15.9. The molecule has 2 fully saturated rings. The lowest BCUT2D eigenvalue weighted by molar-refractivity contribution is -0.144. The summed E-state index contributed by atoms with van der Waals surface area (Å²) in [4.78, 5) is 78.4. The van der Waals surface area contributed by atoms with Crippen molar-refractivity contribution in [3.63, 3.8) is 0 Å². The van der Waals surface area contributed by atoms with E-state index < -0.39 is 0 Å². The van der Waals surface area contributed by atoms with Crippen LogP contribution in [0.25, 0.3) is 34.4 Å². The van der Waals surface area contributed by atoms with E-state index in [1.54, 1.807) is 22.0 Å². The molecule has 2 aliphatic heterocycles. The van der Waals surface area contributed by atoms with Crippen LogP contribution < -0.4 is 10.6 Å². The zero-order valence-electron chi connectivity index (χ0n) is 37.0. The van der Waals surface area contributed by atoms with Gasteiger partial charge in [0.1, 0.15) is 13.2 Å². The predicted octanol–water partition coefficient (Wildman–Crippen LogP) is 10.2. The molecule has 17 heteroatoms. The summed E-state index contributed by atoms with van der Waals surface area (Å²) < 4.78 is 11.9. The van der Waals surface area contributed by atoms with Crippen LogP contribution in [0.15, 0.2) is 104 Å². The zero-order chi connectivity index (χ0) is 48.0. The third-order valence-corrected chi connectivity index (χ3v) is 14.7. The largest absolute Gasteiger partial charge is 0.464 e. The fraction of sp³-hybridized carbons (Fsp3) is 0.320. The molecule has 2 N–H and O–H groups in total. The number of esters is 2. The zero-order valence-corrected chi connectivity index (χ0v) is 42.5. The Morgan fingerprint density at radius 1 is 0.657 bits per heavy atom. The van der Waals surface area contributed by atoms with Crippen molar-refractivity contribution < 1.29 is 38.2 Å². The maximum absolute atomic E-state index is 13.1. The number of hydrogen-bond acceptors (Lipinski definition) is 9. The van der Waals surface area contributed by atoms with Crippen molar-refractivity contribution in [1.82, 2.24) is 20.4 Å². The number of likely N-dealkylation sites (tertiary alicyclic amines) is 2. The van der Waals surface area contributed by atoms with Crippen LogP contribution in [0.1, 0.15) is 63.5 Å². The number of carbonyl (C=O) groups is 6. The lowest BCUT2D eigenvalue weighted by Gasteiger charge is -2.24. The van der Waals surface area contributed by atoms with Crippen molar-refractivity contribution in [3.05, 3.63) is 115 Å². The first-order valence-electron chi connectivity index (χ1n) is 21.8. The maximum Gasteiger partial charge on any atom is 0.302 e. The first kappa shape index (κ1) is 51.5. The van der Waals surface area contributed by atoms with Gasteiger partial charge in [0.15, 0.2) is 0 Å². The Hall–Kier alpha value is -4.93. The number of benzene rings is 4. The minimum absolute atomic E-state index is 0.0108. The summed E-state index contributed by atoms with van der Waals surface area (Å²) in [6.45, 7) is 4.58. The number of ether oxygens (including phenoxy) is 2. The van der Waals surface area contributed by atoms with Gasteiger partial charge in [-0.25, -0.2) is 0 Å². The van der Waals surface area contributed by atoms with Gasteiger partial charge in [0.05, 0.1) is 22.1 Å². The highest BCUT2D eigenvalue weighted by atomic mass is 79.9. The van der Waals surface area contributed by atoms with Crippen LogP contribution in [0.3, 0.4) is 0 Å². The molecule has 2 heterocycles. The lowest BCUT2D eigenvalue weighted by atomic mass is 9.99. The number of amides is 4. The molecule has 2 saturated heterocycles. The van der Waals surface area contributed by atoms with E-state index >= 15 is 0 Å². The number of rotatable bonds is 20. The van der Waals surface area contributed by atoms with Crippen LogP contribution >= 0.6 is 66.8 Å². The summed E-state index contributed by atoms with van der Waals surface area (Å²) >= 11 is 23.4. The number of nitrogens with one attached hydrogen (secondary N) is 2. The molecule has 352 valence electrons. The number of halogens is 4. The van der Waals surface area contributed by atoms with Crippen LogP contribution in [-0.2, 0) is 38.2 Å². The highest BCUT2D eigenvalue weighted by Crippen LogP contribution is 2.48. The van der Waals surface area contributed by atoms with E-state index in [0.29, 0.717) is 107 Å². The smallest absolute Gasteiger partial charge is 0.302 e. The van der Waals surface area contributed by atoms with E-state index in [2.05, 4.69) is 42.5 Å². The molecule has 0 radical (unpaired) electrons. The summed E-state index contributed by atoms with van der Waals surface area (Å²) in [5.41, 5.74) is 4.46. The van der Waals surface area contributed by atoms with Gasteiger partial charge in [-0.1, -0.05) is 115 Å². The van der Waals surface area contributed by atoms with Crippen LogP contribution in [0.2, 0.25) is 10.0 Å². The van der Waals surface area contributed by atoms with Gasteiger partial charge in [-0.15, -0.1) is 0 Å². The van der Waals surface area contributed by atoms with E-state index in [4.69, 9.17) is 32.7 Å². The van der Waals surface area contributed by atoms with E-state index in [-0.39, 0.29) is 60.9 Å². The number of nitrogens with zero attached hydrogens (tertiary/aromatic N) is 2. The monoisotopic (exact) mass is 1090 g/mol. The van der Waals surface area contributed by atoms with Crippen LogP contribution in [0.4, 0.5) is 0 Å². The Labute approximate surface area is 421 Å². The molecule has 0 unspecified atom stereocenters. The van der Waals surface area contributed by atoms with Gasteiger partial charge in [0, 0.05) is 94.9 Å². The molecule has 0 saturated carbocycles. The number of hydrogen-bond donors (Lipinski definition) is 2. The highest BCUT2D eigenvalue weighted by molar-refractivity contribution is 9.11. The van der Waals surface area contributed by atoms with Gasteiger partial charge >= 0.3 is 11.9 Å². The van der Waals surface area contributed by atoms with E-state index in [1.165, 1.54) is 37.8 Å². The van der Waals surface area contributed by atoms with Gasteiger partial charge in [0.2, 0.25) is 23.6 Å². The molecule has 67 heavy (non-hydrogen) atoms. The summed E-state index contributed by atoms with van der Waals surface area (Å²) in [7, 11) is 0. The van der Waals surface area contributed by atoms with Gasteiger partial charge in [0.25, 0.3) is 0 Å². The summed E-state index contributed by atoms with van der Waals surface area (Å²) in [6.07, 6.45) is 9.49. The summed E-state index contributed by atoms with van der Waals surface area (Å²) in [5, 5.41) is 6.70. The molecule has 2 atom stereocenters. The first-order valence-corrected chi connectivity index (χ1v) is 25.0. The molecule has 0 spiro atoms. The Morgan fingerprint density at radius 3 is 1.45 bits per heavy atom. The van der Waals surface area contributed by atoms with Crippen molar-refractivity contribution in [1.29, 1.82) is 0 Å². The summed E-state index contributed by atoms with van der Waals surface area (Å²) in [5.74, 6) is -1.36. The highest BCUT2D eigenvalue weighted by Gasteiger charge is 2.32. The lowest BCUT2D eigenvalue weighted by Crippen LogP contribution is -2.38. The molecular formula is C50H50Br2Cl2N4O8S. The minimum atomic E-state index is -0.385. The van der Waals surface area contributed by atoms with Crippen molar-refractivity contribution in [3.8, 4) is 22.3 Å². The van der Waals surface area contributed by atoms with Crippen molar-refractivity contribution in [2.45, 2.75) is 74.2 Å². The van der Waals surface area contributed by atoms with Gasteiger partial charge < -0.3 is 29.9 Å². The number of carbonyl (C=O) groups excluding carboxylic acids is 6. The third kappa shape index (κ3) is 14.1. The molecule has 12 nitrogen and oxygen atoms in total. The third-order valence-electron chi connectivity index (χ3n) is 11.2. The Kier molecular flexibility index (Phi) is 19.1. The fourth-order valence-electron chi connectivity index (χ4n) is 7.92. The summed E-state index contributed by atoms with van der Waals surface area (Å²) in [6, 6.07) is 22.6. The average Bonchev–Trinajstić information content (AvgIpc) is 3.84. The molecule has 0 aromatic heterocycles. The average molecular weight is 1100 g/mol. The van der Waals surface area contributed by atoms with E-state index in [9.17, 15) is 28.8 Å².